The maximum Gasteiger partial charge on any atom is 0.235 e. The molecule has 0 atom stereocenters. The minimum Gasteiger partial charge on any atom is -0.310 e. The Hall–Kier alpha value is -7.56. The lowest BCUT2D eigenvalue weighted by Gasteiger charge is -2.43. The first kappa shape index (κ1) is 35.4. The van der Waals surface area contributed by atoms with Gasteiger partial charge in [0.1, 0.15) is 0 Å². The van der Waals surface area contributed by atoms with Crippen molar-refractivity contribution < 1.29 is 0 Å². The summed E-state index contributed by atoms with van der Waals surface area (Å²) in [7, 11) is 0. The zero-order valence-corrected chi connectivity index (χ0v) is 34.2. The largest absolute Gasteiger partial charge is 0.310 e. The Balaban J connectivity index is 1.10. The van der Waals surface area contributed by atoms with Gasteiger partial charge in [-0.1, -0.05) is 166 Å². The van der Waals surface area contributed by atoms with Gasteiger partial charge in [0.2, 0.25) is 5.95 Å². The van der Waals surface area contributed by atoms with Crippen LogP contribution in [0.1, 0.15) is 37.8 Å². The number of fused-ring (bicyclic) bond motifs is 8. The summed E-state index contributed by atoms with van der Waals surface area (Å²) in [5, 5.41) is 5.84. The number of rotatable bonds is 5. The highest BCUT2D eigenvalue weighted by Gasteiger charge is 2.37. The van der Waals surface area contributed by atoms with Gasteiger partial charge in [0.15, 0.2) is 0 Å². The Morgan fingerprint density at radius 2 is 1.21 bits per heavy atom. The van der Waals surface area contributed by atoms with Gasteiger partial charge in [0.25, 0.3) is 0 Å². The molecule has 12 rings (SSSR count). The van der Waals surface area contributed by atoms with Gasteiger partial charge in [-0.05, 0) is 99.5 Å². The quantitative estimate of drug-likeness (QED) is 0.174. The van der Waals surface area contributed by atoms with Crippen molar-refractivity contribution in [1.29, 1.82) is 0 Å². The van der Waals surface area contributed by atoms with Crippen LogP contribution in [0, 0.1) is 0 Å². The van der Waals surface area contributed by atoms with E-state index < -0.39 is 0 Å². The van der Waals surface area contributed by atoms with Crippen LogP contribution in [-0.2, 0) is 5.41 Å². The molecule has 3 heterocycles. The standard InChI is InChI=1S/C57H42N4/c1-57(2)46-24-12-14-26-49(46)60(42-19-7-4-8-20-42)50-34-33-41(36-47(50)57)44-23-15-27-51-54(44)53-43-21-10-9-18-39(43)32-35-52(53)61(51)56-58-48-25-13-11-22-45(48)55(59-56)40-30-28-38(29-31-40)37-16-5-3-6-17-37/h3,5-7,9-36H,4,8H2,1-2H3. The maximum atomic E-state index is 5.49. The van der Waals surface area contributed by atoms with E-state index in [1.807, 2.05) is 0 Å². The Morgan fingerprint density at radius 1 is 0.508 bits per heavy atom. The predicted octanol–water partition coefficient (Wildman–Crippen LogP) is 14.9. The molecule has 61 heavy (non-hydrogen) atoms. The molecule has 4 nitrogen and oxygen atoms in total. The smallest absolute Gasteiger partial charge is 0.235 e. The molecule has 0 spiro atoms. The van der Waals surface area contributed by atoms with Crippen molar-refractivity contribution in [3.63, 3.8) is 0 Å². The molecule has 0 N–H and O–H groups in total. The van der Waals surface area contributed by atoms with Crippen LogP contribution in [-0.4, -0.2) is 14.5 Å². The third-order valence-corrected chi connectivity index (χ3v) is 13.0. The molecule has 0 fully saturated rings. The molecule has 2 aliphatic rings. The summed E-state index contributed by atoms with van der Waals surface area (Å²) in [5.41, 5.74) is 15.9. The fourth-order valence-corrected chi connectivity index (χ4v) is 10.0. The SMILES string of the molecule is CC1(C)c2ccccc2N(C2=CCCC=C2)c2ccc(-c3cccc4c3c3c5ccccc5ccc3n4-c3nc(-c4ccc(-c5ccccc5)cc4)c4ccccc4n3)cc21. The van der Waals surface area contributed by atoms with Crippen molar-refractivity contribution in [3.05, 3.63) is 211 Å². The van der Waals surface area contributed by atoms with Crippen LogP contribution in [0.4, 0.5) is 11.4 Å². The summed E-state index contributed by atoms with van der Waals surface area (Å²) in [6.45, 7) is 4.75. The third kappa shape index (κ3) is 5.52. The van der Waals surface area contributed by atoms with Crippen molar-refractivity contribution in [2.45, 2.75) is 32.1 Å². The molecule has 0 saturated carbocycles. The molecule has 0 radical (unpaired) electrons. The van der Waals surface area contributed by atoms with E-state index in [0.717, 1.165) is 46.0 Å². The highest BCUT2D eigenvalue weighted by molar-refractivity contribution is 6.25. The Kier molecular flexibility index (Phi) is 7.98. The van der Waals surface area contributed by atoms with Crippen LogP contribution in [0.3, 0.4) is 0 Å². The summed E-state index contributed by atoms with van der Waals surface area (Å²) in [5.74, 6) is 0.654. The first-order chi connectivity index (χ1) is 30.0. The summed E-state index contributed by atoms with van der Waals surface area (Å²) < 4.78 is 2.29. The summed E-state index contributed by atoms with van der Waals surface area (Å²) in [6.07, 6.45) is 9.10. The van der Waals surface area contributed by atoms with E-state index in [0.29, 0.717) is 5.95 Å². The highest BCUT2D eigenvalue weighted by atomic mass is 15.2. The zero-order valence-electron chi connectivity index (χ0n) is 34.2. The summed E-state index contributed by atoms with van der Waals surface area (Å²) >= 11 is 0. The van der Waals surface area contributed by atoms with Gasteiger partial charge < -0.3 is 4.90 Å². The molecular weight excluding hydrogens is 741 g/mol. The third-order valence-electron chi connectivity index (χ3n) is 13.0. The van der Waals surface area contributed by atoms with E-state index in [9.17, 15) is 0 Å². The highest BCUT2D eigenvalue weighted by Crippen LogP contribution is 2.52. The molecule has 0 amide bonds. The molecule has 0 bridgehead atoms. The molecular formula is C57H42N4. The topological polar surface area (TPSA) is 34.0 Å². The van der Waals surface area contributed by atoms with Crippen LogP contribution in [0.2, 0.25) is 0 Å². The molecule has 2 aromatic heterocycles. The van der Waals surface area contributed by atoms with Crippen LogP contribution < -0.4 is 4.90 Å². The van der Waals surface area contributed by atoms with Gasteiger partial charge in [0.05, 0.1) is 33.6 Å². The number of para-hydroxylation sites is 2. The van der Waals surface area contributed by atoms with Gasteiger partial charge in [-0.25, -0.2) is 9.97 Å². The molecule has 1 aliphatic heterocycles. The second kappa shape index (κ2) is 13.8. The summed E-state index contributed by atoms with van der Waals surface area (Å²) in [4.78, 5) is 13.3. The second-order valence-electron chi connectivity index (χ2n) is 16.9. The van der Waals surface area contributed by atoms with Crippen molar-refractivity contribution in [2.75, 3.05) is 4.90 Å². The second-order valence-corrected chi connectivity index (χ2v) is 16.9. The van der Waals surface area contributed by atoms with E-state index >= 15 is 0 Å². The normalized spacial score (nSPS) is 14.4. The molecule has 0 unspecified atom stereocenters. The number of hydrogen-bond acceptors (Lipinski definition) is 3. The van der Waals surface area contributed by atoms with Crippen molar-refractivity contribution >= 4 is 54.9 Å². The minimum atomic E-state index is -0.222. The lowest BCUT2D eigenvalue weighted by Crippen LogP contribution is -2.32. The Labute approximate surface area is 355 Å². The predicted molar refractivity (Wildman–Crippen MR) is 255 cm³/mol. The molecule has 0 saturated heterocycles. The van der Waals surface area contributed by atoms with Crippen molar-refractivity contribution in [3.8, 4) is 39.5 Å². The maximum absolute atomic E-state index is 5.49. The van der Waals surface area contributed by atoms with E-state index in [1.165, 1.54) is 72.0 Å². The average molecular weight is 783 g/mol. The van der Waals surface area contributed by atoms with E-state index in [-0.39, 0.29) is 5.41 Å². The fraction of sp³-hybridized carbons (Fsp3) is 0.0877. The van der Waals surface area contributed by atoms with E-state index in [1.54, 1.807) is 0 Å². The van der Waals surface area contributed by atoms with Crippen LogP contribution >= 0.6 is 0 Å². The number of nitrogens with zero attached hydrogens (tertiary/aromatic N) is 4. The number of aromatic nitrogens is 3. The Bertz CT molecular complexity index is 3440. The lowest BCUT2D eigenvalue weighted by atomic mass is 9.72. The van der Waals surface area contributed by atoms with Gasteiger partial charge >= 0.3 is 0 Å². The Morgan fingerprint density at radius 3 is 2.07 bits per heavy atom. The van der Waals surface area contributed by atoms with Gasteiger partial charge in [-0.3, -0.25) is 4.57 Å². The molecule has 10 aromatic rings. The fourth-order valence-electron chi connectivity index (χ4n) is 10.0. The minimum absolute atomic E-state index is 0.222. The first-order valence-corrected chi connectivity index (χ1v) is 21.3. The summed E-state index contributed by atoms with van der Waals surface area (Å²) in [6, 6.07) is 63.7. The van der Waals surface area contributed by atoms with E-state index in [2.05, 4.69) is 217 Å². The first-order valence-electron chi connectivity index (χ1n) is 21.3. The van der Waals surface area contributed by atoms with Crippen LogP contribution in [0.5, 0.6) is 0 Å². The van der Waals surface area contributed by atoms with Gasteiger partial charge in [-0.15, -0.1) is 0 Å². The van der Waals surface area contributed by atoms with Crippen LogP contribution in [0.15, 0.2) is 200 Å². The van der Waals surface area contributed by atoms with Gasteiger partial charge in [-0.2, -0.15) is 0 Å². The number of hydrogen-bond donors (Lipinski definition) is 0. The average Bonchev–Trinajstić information content (AvgIpc) is 3.67. The van der Waals surface area contributed by atoms with E-state index in [4.69, 9.17) is 9.97 Å². The zero-order chi connectivity index (χ0) is 40.7. The molecule has 1 aliphatic carbocycles. The lowest BCUT2D eigenvalue weighted by molar-refractivity contribution is 0.630. The van der Waals surface area contributed by atoms with Crippen molar-refractivity contribution in [1.82, 2.24) is 14.5 Å². The molecule has 4 heteroatoms. The van der Waals surface area contributed by atoms with Gasteiger partial charge in [0, 0.05) is 32.8 Å². The van der Waals surface area contributed by atoms with Crippen LogP contribution in [0.25, 0.3) is 82.9 Å². The monoisotopic (exact) mass is 782 g/mol. The van der Waals surface area contributed by atoms with Crippen molar-refractivity contribution in [2.24, 2.45) is 0 Å². The number of anilines is 2. The molecule has 8 aromatic carbocycles. The number of benzene rings is 8. The molecule has 290 valence electrons. The number of allylic oxidation sites excluding steroid dienone is 3.